The second-order valence-corrected chi connectivity index (χ2v) is 5.74. The molecule has 96 valence electrons. The maximum atomic E-state index is 11.9. The molecule has 0 radical (unpaired) electrons. The molecule has 1 aliphatic rings. The van der Waals surface area contributed by atoms with Crippen molar-refractivity contribution in [3.63, 3.8) is 0 Å². The molecule has 1 aromatic heterocycles. The minimum Gasteiger partial charge on any atom is -0.465 e. The van der Waals surface area contributed by atoms with Crippen molar-refractivity contribution in [2.75, 3.05) is 26.2 Å². The second-order valence-electron chi connectivity index (χ2n) is 3.99. The molecular formula is C10H17N3O3S. The first kappa shape index (κ1) is 12.6. The maximum Gasteiger partial charge on any atom is 0.279 e. The van der Waals surface area contributed by atoms with Gasteiger partial charge in [0.2, 0.25) is 0 Å². The molecule has 0 bridgehead atoms. The van der Waals surface area contributed by atoms with E-state index >= 15 is 0 Å². The zero-order valence-electron chi connectivity index (χ0n) is 9.77. The summed E-state index contributed by atoms with van der Waals surface area (Å²) < 4.78 is 33.1. The summed E-state index contributed by atoms with van der Waals surface area (Å²) in [5.74, 6) is 1.41. The van der Waals surface area contributed by atoms with Crippen LogP contribution in [0.4, 0.5) is 0 Å². The molecule has 0 atom stereocenters. The minimum atomic E-state index is -3.39. The molecule has 1 saturated heterocycles. The Morgan fingerprint density at radius 2 is 2.12 bits per heavy atom. The van der Waals surface area contributed by atoms with E-state index in [2.05, 4.69) is 10.0 Å². The number of nitrogens with one attached hydrogen (secondary N) is 2. The molecule has 1 fully saturated rings. The van der Waals surface area contributed by atoms with Gasteiger partial charge in [-0.05, 0) is 19.1 Å². The van der Waals surface area contributed by atoms with Crippen molar-refractivity contribution in [1.29, 1.82) is 0 Å². The van der Waals surface area contributed by atoms with Gasteiger partial charge in [0.1, 0.15) is 11.5 Å². The summed E-state index contributed by atoms with van der Waals surface area (Å²) in [5, 5.41) is 3.11. The zero-order chi connectivity index (χ0) is 12.3. The minimum absolute atomic E-state index is 0.195. The van der Waals surface area contributed by atoms with Crippen LogP contribution < -0.4 is 10.0 Å². The van der Waals surface area contributed by atoms with Gasteiger partial charge in [0.15, 0.2) is 0 Å². The third kappa shape index (κ3) is 3.29. The van der Waals surface area contributed by atoms with Crippen molar-refractivity contribution in [2.24, 2.45) is 0 Å². The van der Waals surface area contributed by atoms with Gasteiger partial charge < -0.3 is 9.73 Å². The van der Waals surface area contributed by atoms with Crippen LogP contribution in [0, 0.1) is 6.92 Å². The highest BCUT2D eigenvalue weighted by Gasteiger charge is 2.23. The lowest BCUT2D eigenvalue weighted by molar-refractivity contribution is 0.353. The summed E-state index contributed by atoms with van der Waals surface area (Å²) in [6, 6.07) is 3.59. The first-order chi connectivity index (χ1) is 8.08. The third-order valence-corrected chi connectivity index (χ3v) is 4.19. The largest absolute Gasteiger partial charge is 0.465 e. The van der Waals surface area contributed by atoms with Crippen LogP contribution in [0.5, 0.6) is 0 Å². The van der Waals surface area contributed by atoms with Gasteiger partial charge in [0.25, 0.3) is 10.2 Å². The molecule has 0 saturated carbocycles. The molecule has 2 rings (SSSR count). The van der Waals surface area contributed by atoms with E-state index in [0.29, 0.717) is 31.9 Å². The van der Waals surface area contributed by atoms with Gasteiger partial charge in [0, 0.05) is 26.2 Å². The number of hydrogen-bond acceptors (Lipinski definition) is 4. The van der Waals surface area contributed by atoms with E-state index in [1.807, 2.05) is 13.0 Å². The lowest BCUT2D eigenvalue weighted by atomic mass is 10.4. The third-order valence-electron chi connectivity index (χ3n) is 2.64. The lowest BCUT2D eigenvalue weighted by Gasteiger charge is -2.26. The highest BCUT2D eigenvalue weighted by Crippen LogP contribution is 2.07. The van der Waals surface area contributed by atoms with E-state index < -0.39 is 10.2 Å². The van der Waals surface area contributed by atoms with Crippen molar-refractivity contribution in [3.05, 3.63) is 23.7 Å². The molecular weight excluding hydrogens is 242 g/mol. The SMILES string of the molecule is Cc1ccc(CNS(=O)(=O)N2CCNCC2)o1. The molecule has 0 unspecified atom stereocenters. The van der Waals surface area contributed by atoms with E-state index in [4.69, 9.17) is 4.42 Å². The number of furan rings is 1. The van der Waals surface area contributed by atoms with Crippen LogP contribution in [0.25, 0.3) is 0 Å². The van der Waals surface area contributed by atoms with Gasteiger partial charge in [-0.3, -0.25) is 0 Å². The van der Waals surface area contributed by atoms with Crippen molar-refractivity contribution >= 4 is 10.2 Å². The summed E-state index contributed by atoms with van der Waals surface area (Å²) >= 11 is 0. The fraction of sp³-hybridized carbons (Fsp3) is 0.600. The number of rotatable bonds is 4. The smallest absolute Gasteiger partial charge is 0.279 e. The number of piperazine rings is 1. The van der Waals surface area contributed by atoms with Crippen LogP contribution in [0.2, 0.25) is 0 Å². The van der Waals surface area contributed by atoms with Gasteiger partial charge in [-0.25, -0.2) is 0 Å². The van der Waals surface area contributed by atoms with Gasteiger partial charge in [-0.1, -0.05) is 0 Å². The summed E-state index contributed by atoms with van der Waals surface area (Å²) in [5.41, 5.74) is 0. The average Bonchev–Trinajstić information content (AvgIpc) is 2.74. The summed E-state index contributed by atoms with van der Waals surface area (Å²) in [6.07, 6.45) is 0. The lowest BCUT2D eigenvalue weighted by Crippen LogP contribution is -2.50. The molecule has 1 aliphatic heterocycles. The van der Waals surface area contributed by atoms with E-state index in [1.165, 1.54) is 4.31 Å². The fourth-order valence-electron chi connectivity index (χ4n) is 1.72. The standard InChI is InChI=1S/C10H17N3O3S/c1-9-2-3-10(16-9)8-12-17(14,15)13-6-4-11-5-7-13/h2-3,11-12H,4-8H2,1H3. The molecule has 0 aliphatic carbocycles. The first-order valence-corrected chi connectivity index (χ1v) is 7.03. The van der Waals surface area contributed by atoms with Crippen LogP contribution in [-0.2, 0) is 16.8 Å². The molecule has 2 N–H and O–H groups in total. The van der Waals surface area contributed by atoms with Crippen molar-refractivity contribution in [2.45, 2.75) is 13.5 Å². The topological polar surface area (TPSA) is 74.6 Å². The summed E-state index contributed by atoms with van der Waals surface area (Å²) in [4.78, 5) is 0. The number of nitrogens with zero attached hydrogens (tertiary/aromatic N) is 1. The first-order valence-electron chi connectivity index (χ1n) is 5.59. The Morgan fingerprint density at radius 3 is 2.71 bits per heavy atom. The normalized spacial score (nSPS) is 18.4. The summed E-state index contributed by atoms with van der Waals surface area (Å²) in [6.45, 7) is 4.43. The molecule has 17 heavy (non-hydrogen) atoms. The Bertz CT molecular complexity index is 463. The Hall–Kier alpha value is -0.890. The Labute approximate surface area is 101 Å². The number of aryl methyl sites for hydroxylation is 1. The molecule has 7 heteroatoms. The van der Waals surface area contributed by atoms with Crippen LogP contribution in [-0.4, -0.2) is 38.9 Å². The molecule has 0 amide bonds. The predicted octanol–water partition coefficient (Wildman–Crippen LogP) is -0.172. The Balaban J connectivity index is 1.92. The second kappa shape index (κ2) is 5.18. The molecule has 0 spiro atoms. The van der Waals surface area contributed by atoms with Gasteiger partial charge >= 0.3 is 0 Å². The van der Waals surface area contributed by atoms with Crippen LogP contribution in [0.1, 0.15) is 11.5 Å². The highest BCUT2D eigenvalue weighted by molar-refractivity contribution is 7.87. The quantitative estimate of drug-likeness (QED) is 0.787. The Kier molecular flexibility index (Phi) is 3.82. The van der Waals surface area contributed by atoms with E-state index in [0.717, 1.165) is 5.76 Å². The predicted molar refractivity (Wildman–Crippen MR) is 63.6 cm³/mol. The molecule has 6 nitrogen and oxygen atoms in total. The summed E-state index contributed by atoms with van der Waals surface area (Å²) in [7, 11) is -3.39. The maximum absolute atomic E-state index is 11.9. The van der Waals surface area contributed by atoms with Crippen LogP contribution in [0.3, 0.4) is 0 Å². The molecule has 2 heterocycles. The zero-order valence-corrected chi connectivity index (χ0v) is 10.6. The molecule has 0 aromatic carbocycles. The van der Waals surface area contributed by atoms with Gasteiger partial charge in [-0.15, -0.1) is 0 Å². The molecule has 1 aromatic rings. The monoisotopic (exact) mass is 259 g/mol. The van der Waals surface area contributed by atoms with Crippen LogP contribution in [0.15, 0.2) is 16.5 Å². The van der Waals surface area contributed by atoms with E-state index in [9.17, 15) is 8.42 Å². The van der Waals surface area contributed by atoms with E-state index in [1.54, 1.807) is 6.07 Å². The van der Waals surface area contributed by atoms with Gasteiger partial charge in [-0.2, -0.15) is 17.4 Å². The fourth-order valence-corrected chi connectivity index (χ4v) is 2.89. The van der Waals surface area contributed by atoms with Crippen molar-refractivity contribution < 1.29 is 12.8 Å². The Morgan fingerprint density at radius 1 is 1.41 bits per heavy atom. The van der Waals surface area contributed by atoms with Crippen LogP contribution >= 0.6 is 0 Å². The number of hydrogen-bond donors (Lipinski definition) is 2. The van der Waals surface area contributed by atoms with Gasteiger partial charge in [0.05, 0.1) is 6.54 Å². The average molecular weight is 259 g/mol. The van der Waals surface area contributed by atoms with E-state index in [-0.39, 0.29) is 6.54 Å². The van der Waals surface area contributed by atoms with Crippen molar-refractivity contribution in [3.8, 4) is 0 Å². The van der Waals surface area contributed by atoms with Crippen molar-refractivity contribution in [1.82, 2.24) is 14.3 Å². The highest BCUT2D eigenvalue weighted by atomic mass is 32.2.